The molecular formula is C11H17NO3S. The van der Waals surface area contributed by atoms with Crippen LogP contribution in [0.2, 0.25) is 0 Å². The van der Waals surface area contributed by atoms with Crippen LogP contribution in [0.1, 0.15) is 29.7 Å². The summed E-state index contributed by atoms with van der Waals surface area (Å²) in [7, 11) is 0. The van der Waals surface area contributed by atoms with E-state index in [0.717, 1.165) is 11.5 Å². The number of furan rings is 1. The highest BCUT2D eigenvalue weighted by Crippen LogP contribution is 2.13. The first-order valence-corrected chi connectivity index (χ1v) is 6.60. The van der Waals surface area contributed by atoms with Gasteiger partial charge in [0.25, 0.3) is 5.91 Å². The summed E-state index contributed by atoms with van der Waals surface area (Å²) in [4.78, 5) is 11.7. The molecule has 0 saturated carbocycles. The summed E-state index contributed by atoms with van der Waals surface area (Å²) in [5.41, 5.74) is 0. The first kappa shape index (κ1) is 13.1. The SMILES string of the molecule is CC[C@H](CO)NC(=O)c1ccc(CSC)o1. The number of thioether (sulfide) groups is 1. The van der Waals surface area contributed by atoms with Gasteiger partial charge in [-0.15, -0.1) is 0 Å². The van der Waals surface area contributed by atoms with E-state index in [1.54, 1.807) is 23.9 Å². The zero-order chi connectivity index (χ0) is 12.0. The third-order valence-electron chi connectivity index (χ3n) is 2.22. The number of carbonyl (C=O) groups is 1. The van der Waals surface area contributed by atoms with Crippen LogP contribution in [0.4, 0.5) is 0 Å². The smallest absolute Gasteiger partial charge is 0.287 e. The van der Waals surface area contributed by atoms with E-state index in [1.807, 2.05) is 13.2 Å². The van der Waals surface area contributed by atoms with Crippen LogP contribution in [0.15, 0.2) is 16.5 Å². The highest BCUT2D eigenvalue weighted by atomic mass is 32.2. The Hall–Kier alpha value is -0.940. The zero-order valence-corrected chi connectivity index (χ0v) is 10.3. The standard InChI is InChI=1S/C11H17NO3S/c1-3-8(6-13)12-11(14)10-5-4-9(15-10)7-16-2/h4-5,8,13H,3,6-7H2,1-2H3,(H,12,14)/t8-/m1/s1. The summed E-state index contributed by atoms with van der Waals surface area (Å²) in [5.74, 6) is 1.57. The van der Waals surface area contributed by atoms with Crippen molar-refractivity contribution in [2.45, 2.75) is 25.1 Å². The van der Waals surface area contributed by atoms with Crippen molar-refractivity contribution in [2.75, 3.05) is 12.9 Å². The van der Waals surface area contributed by atoms with Crippen LogP contribution in [-0.4, -0.2) is 29.9 Å². The van der Waals surface area contributed by atoms with Gasteiger partial charge in [-0.2, -0.15) is 11.8 Å². The fourth-order valence-electron chi connectivity index (χ4n) is 1.25. The molecule has 4 nitrogen and oxygen atoms in total. The lowest BCUT2D eigenvalue weighted by molar-refractivity contribution is 0.0885. The second kappa shape index (κ2) is 6.60. The molecule has 1 heterocycles. The Bertz CT molecular complexity index is 334. The van der Waals surface area contributed by atoms with Crippen molar-refractivity contribution < 1.29 is 14.3 Å². The lowest BCUT2D eigenvalue weighted by Crippen LogP contribution is -2.36. The summed E-state index contributed by atoms with van der Waals surface area (Å²) in [6.45, 7) is 1.85. The number of aliphatic hydroxyl groups excluding tert-OH is 1. The number of carbonyl (C=O) groups excluding carboxylic acids is 1. The Morgan fingerprint density at radius 1 is 1.62 bits per heavy atom. The molecule has 16 heavy (non-hydrogen) atoms. The van der Waals surface area contributed by atoms with Crippen LogP contribution >= 0.6 is 11.8 Å². The predicted octanol–water partition coefficient (Wildman–Crippen LogP) is 1.64. The lowest BCUT2D eigenvalue weighted by Gasteiger charge is -2.12. The molecule has 0 aliphatic carbocycles. The molecule has 0 aromatic carbocycles. The Morgan fingerprint density at radius 2 is 2.38 bits per heavy atom. The van der Waals surface area contributed by atoms with Gasteiger partial charge >= 0.3 is 0 Å². The normalized spacial score (nSPS) is 12.4. The summed E-state index contributed by atoms with van der Waals surface area (Å²) in [5, 5.41) is 11.7. The Balaban J connectivity index is 2.58. The van der Waals surface area contributed by atoms with Crippen molar-refractivity contribution in [2.24, 2.45) is 0 Å². The molecule has 0 aliphatic heterocycles. The number of amides is 1. The summed E-state index contributed by atoms with van der Waals surface area (Å²) >= 11 is 1.64. The van der Waals surface area contributed by atoms with Gasteiger partial charge in [-0.1, -0.05) is 6.92 Å². The van der Waals surface area contributed by atoms with Gasteiger partial charge in [0.2, 0.25) is 0 Å². The van der Waals surface area contributed by atoms with E-state index in [0.29, 0.717) is 12.2 Å². The maximum absolute atomic E-state index is 11.7. The van der Waals surface area contributed by atoms with Gasteiger partial charge in [-0.05, 0) is 24.8 Å². The molecule has 0 spiro atoms. The highest BCUT2D eigenvalue weighted by Gasteiger charge is 2.14. The van der Waals surface area contributed by atoms with E-state index in [2.05, 4.69) is 5.32 Å². The van der Waals surface area contributed by atoms with E-state index < -0.39 is 0 Å². The van der Waals surface area contributed by atoms with E-state index in [1.165, 1.54) is 0 Å². The molecule has 0 saturated heterocycles. The van der Waals surface area contributed by atoms with Crippen LogP contribution in [-0.2, 0) is 5.75 Å². The number of hydrogen-bond donors (Lipinski definition) is 2. The minimum Gasteiger partial charge on any atom is -0.455 e. The molecule has 90 valence electrons. The number of hydrogen-bond acceptors (Lipinski definition) is 4. The molecule has 1 amide bonds. The largest absolute Gasteiger partial charge is 0.455 e. The molecular weight excluding hydrogens is 226 g/mol. The molecule has 2 N–H and O–H groups in total. The monoisotopic (exact) mass is 243 g/mol. The average molecular weight is 243 g/mol. The van der Waals surface area contributed by atoms with Gasteiger partial charge in [-0.3, -0.25) is 4.79 Å². The van der Waals surface area contributed by atoms with Crippen LogP contribution in [0.25, 0.3) is 0 Å². The van der Waals surface area contributed by atoms with Crippen molar-refractivity contribution >= 4 is 17.7 Å². The third kappa shape index (κ3) is 3.57. The van der Waals surface area contributed by atoms with Crippen LogP contribution in [0.5, 0.6) is 0 Å². The van der Waals surface area contributed by atoms with Crippen LogP contribution < -0.4 is 5.32 Å². The van der Waals surface area contributed by atoms with Crippen molar-refractivity contribution in [3.05, 3.63) is 23.7 Å². The minimum atomic E-state index is -0.270. The zero-order valence-electron chi connectivity index (χ0n) is 9.53. The van der Waals surface area contributed by atoms with Crippen LogP contribution in [0.3, 0.4) is 0 Å². The van der Waals surface area contributed by atoms with Gasteiger partial charge < -0.3 is 14.8 Å². The van der Waals surface area contributed by atoms with Gasteiger partial charge in [0.05, 0.1) is 18.4 Å². The number of rotatable bonds is 6. The second-order valence-corrected chi connectivity index (χ2v) is 4.33. The van der Waals surface area contributed by atoms with E-state index in [4.69, 9.17) is 9.52 Å². The van der Waals surface area contributed by atoms with Gasteiger partial charge in [-0.25, -0.2) is 0 Å². The van der Waals surface area contributed by atoms with E-state index in [-0.39, 0.29) is 18.6 Å². The summed E-state index contributed by atoms with van der Waals surface area (Å²) in [6.07, 6.45) is 2.67. The number of nitrogens with one attached hydrogen (secondary N) is 1. The Kier molecular flexibility index (Phi) is 5.42. The maximum atomic E-state index is 11.7. The molecule has 1 rings (SSSR count). The second-order valence-electron chi connectivity index (χ2n) is 3.46. The molecule has 1 aromatic heterocycles. The molecule has 0 aliphatic rings. The Labute approximate surface area is 99.4 Å². The molecule has 0 radical (unpaired) electrons. The quantitative estimate of drug-likeness (QED) is 0.797. The predicted molar refractivity (Wildman–Crippen MR) is 64.6 cm³/mol. The highest BCUT2D eigenvalue weighted by molar-refractivity contribution is 7.97. The average Bonchev–Trinajstić information content (AvgIpc) is 2.74. The topological polar surface area (TPSA) is 62.5 Å². The van der Waals surface area contributed by atoms with Gasteiger partial charge in [0.15, 0.2) is 5.76 Å². The van der Waals surface area contributed by atoms with E-state index in [9.17, 15) is 4.79 Å². The van der Waals surface area contributed by atoms with Crippen molar-refractivity contribution in [3.63, 3.8) is 0 Å². The molecule has 1 atom stereocenters. The molecule has 5 heteroatoms. The Morgan fingerprint density at radius 3 is 2.94 bits per heavy atom. The molecule has 1 aromatic rings. The van der Waals surface area contributed by atoms with Crippen molar-refractivity contribution in [1.82, 2.24) is 5.32 Å². The third-order valence-corrected chi connectivity index (χ3v) is 2.79. The van der Waals surface area contributed by atoms with Crippen molar-refractivity contribution in [3.8, 4) is 0 Å². The fraction of sp³-hybridized carbons (Fsp3) is 0.545. The maximum Gasteiger partial charge on any atom is 0.287 e. The first-order valence-electron chi connectivity index (χ1n) is 5.20. The van der Waals surface area contributed by atoms with Gasteiger partial charge in [0.1, 0.15) is 5.76 Å². The van der Waals surface area contributed by atoms with Crippen LogP contribution in [0, 0.1) is 0 Å². The van der Waals surface area contributed by atoms with E-state index >= 15 is 0 Å². The molecule has 0 fully saturated rings. The molecule has 0 unspecified atom stereocenters. The molecule has 0 bridgehead atoms. The minimum absolute atomic E-state index is 0.0549. The first-order chi connectivity index (χ1) is 7.71. The number of aliphatic hydroxyl groups is 1. The van der Waals surface area contributed by atoms with Gasteiger partial charge in [0, 0.05) is 0 Å². The summed E-state index contributed by atoms with van der Waals surface area (Å²) in [6, 6.07) is 3.25. The summed E-state index contributed by atoms with van der Waals surface area (Å²) < 4.78 is 5.36. The lowest BCUT2D eigenvalue weighted by atomic mass is 10.2. The van der Waals surface area contributed by atoms with Crippen molar-refractivity contribution in [1.29, 1.82) is 0 Å². The fourth-order valence-corrected chi connectivity index (χ4v) is 1.69.